The summed E-state index contributed by atoms with van der Waals surface area (Å²) in [6.07, 6.45) is -0.225. The van der Waals surface area contributed by atoms with Crippen LogP contribution in [0.25, 0.3) is 0 Å². The van der Waals surface area contributed by atoms with E-state index in [2.05, 4.69) is 11.4 Å². The molecular weight excluding hydrogens is 359 g/mol. The van der Waals surface area contributed by atoms with Gasteiger partial charge in [-0.3, -0.25) is 4.79 Å². The number of hydrogen-bond acceptors (Lipinski definition) is 4. The second kappa shape index (κ2) is 8.39. The van der Waals surface area contributed by atoms with Crippen LogP contribution in [0.2, 0.25) is 0 Å². The van der Waals surface area contributed by atoms with Gasteiger partial charge in [0.05, 0.1) is 12.6 Å². The van der Waals surface area contributed by atoms with Gasteiger partial charge < -0.3 is 19.7 Å². The first kappa shape index (κ1) is 19.1. The van der Waals surface area contributed by atoms with Crippen LogP contribution in [-0.4, -0.2) is 56.4 Å². The van der Waals surface area contributed by atoms with E-state index in [1.54, 1.807) is 19.2 Å². The number of fused-ring (bicyclic) bond motifs is 1. The summed E-state index contributed by atoms with van der Waals surface area (Å²) in [5.41, 5.74) is 3.18. The van der Waals surface area contributed by atoms with E-state index in [4.69, 9.17) is 9.47 Å². The summed E-state index contributed by atoms with van der Waals surface area (Å²) < 4.78 is 24.9. The molecule has 0 aromatic heterocycles. The smallest absolute Gasteiger partial charge is 0.255 e. The van der Waals surface area contributed by atoms with E-state index in [9.17, 15) is 9.18 Å². The monoisotopic (exact) mass is 384 g/mol. The van der Waals surface area contributed by atoms with Gasteiger partial charge in [-0.15, -0.1) is 0 Å². The molecule has 0 spiro atoms. The fraction of sp³-hybridized carbons (Fsp3) is 0.409. The summed E-state index contributed by atoms with van der Waals surface area (Å²) >= 11 is 0. The summed E-state index contributed by atoms with van der Waals surface area (Å²) in [7, 11) is 1.60. The Balaban J connectivity index is 1.72. The third-order valence-corrected chi connectivity index (χ3v) is 5.56. The Kier molecular flexibility index (Phi) is 5.71. The lowest BCUT2D eigenvalue weighted by molar-refractivity contribution is -0.153. The molecule has 0 saturated carbocycles. The minimum absolute atomic E-state index is 0.0839. The highest BCUT2D eigenvalue weighted by Crippen LogP contribution is 2.36. The van der Waals surface area contributed by atoms with Crippen molar-refractivity contribution < 1.29 is 18.7 Å². The van der Waals surface area contributed by atoms with Crippen LogP contribution in [0.15, 0.2) is 48.5 Å². The molecule has 2 heterocycles. The Labute approximate surface area is 164 Å². The molecule has 6 heteroatoms. The Hall–Kier alpha value is -2.28. The molecule has 2 aliphatic heterocycles. The van der Waals surface area contributed by atoms with Gasteiger partial charge in [0.15, 0.2) is 6.10 Å². The van der Waals surface area contributed by atoms with Crippen molar-refractivity contribution in [2.24, 2.45) is 0 Å². The van der Waals surface area contributed by atoms with Gasteiger partial charge in [0.25, 0.3) is 5.91 Å². The lowest BCUT2D eigenvalue weighted by Gasteiger charge is -2.40. The highest BCUT2D eigenvalue weighted by molar-refractivity contribution is 5.83. The van der Waals surface area contributed by atoms with E-state index in [0.717, 1.165) is 17.5 Å². The highest BCUT2D eigenvalue weighted by atomic mass is 19.1. The van der Waals surface area contributed by atoms with Crippen molar-refractivity contribution in [2.75, 3.05) is 33.4 Å². The van der Waals surface area contributed by atoms with Crippen molar-refractivity contribution in [3.8, 4) is 0 Å². The molecular formula is C22H25FN2O3. The van der Waals surface area contributed by atoms with Crippen LogP contribution in [0.4, 0.5) is 4.39 Å². The van der Waals surface area contributed by atoms with Gasteiger partial charge in [-0.2, -0.15) is 0 Å². The SMILES string of the molecule is CO[C@H]1CNCCO[C@@H]1C(=O)N1CCc2ccccc2[C@@H]1c1ccc(F)cc1. The second-order valence-electron chi connectivity index (χ2n) is 7.20. The zero-order valence-electron chi connectivity index (χ0n) is 15.9. The summed E-state index contributed by atoms with van der Waals surface area (Å²) in [4.78, 5) is 15.4. The number of amides is 1. The Morgan fingerprint density at radius 1 is 1.21 bits per heavy atom. The number of nitrogens with one attached hydrogen (secondary N) is 1. The molecule has 1 amide bonds. The molecule has 2 aromatic rings. The van der Waals surface area contributed by atoms with E-state index < -0.39 is 6.10 Å². The van der Waals surface area contributed by atoms with Crippen LogP contribution >= 0.6 is 0 Å². The predicted molar refractivity (Wildman–Crippen MR) is 104 cm³/mol. The molecule has 0 aliphatic carbocycles. The maximum atomic E-state index is 13.6. The van der Waals surface area contributed by atoms with Gasteiger partial charge >= 0.3 is 0 Å². The number of carbonyl (C=O) groups is 1. The lowest BCUT2D eigenvalue weighted by atomic mass is 9.87. The predicted octanol–water partition coefficient (Wildman–Crippen LogP) is 2.30. The zero-order valence-corrected chi connectivity index (χ0v) is 15.9. The van der Waals surface area contributed by atoms with Crippen LogP contribution in [0.5, 0.6) is 0 Å². The number of nitrogens with zero attached hydrogens (tertiary/aromatic N) is 1. The molecule has 0 unspecified atom stereocenters. The average molecular weight is 384 g/mol. The molecule has 0 radical (unpaired) electrons. The molecule has 1 saturated heterocycles. The largest absolute Gasteiger partial charge is 0.377 e. The number of rotatable bonds is 3. The van der Waals surface area contributed by atoms with Gasteiger partial charge in [0.2, 0.25) is 0 Å². The fourth-order valence-corrected chi connectivity index (χ4v) is 4.13. The van der Waals surface area contributed by atoms with Crippen LogP contribution in [-0.2, 0) is 20.7 Å². The Morgan fingerprint density at radius 3 is 2.79 bits per heavy atom. The van der Waals surface area contributed by atoms with Gasteiger partial charge in [-0.1, -0.05) is 36.4 Å². The van der Waals surface area contributed by atoms with Crippen LogP contribution in [0.3, 0.4) is 0 Å². The maximum Gasteiger partial charge on any atom is 0.255 e. The van der Waals surface area contributed by atoms with Gasteiger partial charge in [0.1, 0.15) is 11.9 Å². The van der Waals surface area contributed by atoms with Crippen molar-refractivity contribution >= 4 is 5.91 Å². The molecule has 3 atom stereocenters. The minimum Gasteiger partial charge on any atom is -0.377 e. The summed E-state index contributed by atoms with van der Waals surface area (Å²) in [6.45, 7) is 2.30. The first-order valence-electron chi connectivity index (χ1n) is 9.68. The van der Waals surface area contributed by atoms with Crippen molar-refractivity contribution in [3.63, 3.8) is 0 Å². The molecule has 1 fully saturated rings. The van der Waals surface area contributed by atoms with Crippen LogP contribution in [0.1, 0.15) is 22.7 Å². The van der Waals surface area contributed by atoms with Crippen molar-refractivity contribution in [2.45, 2.75) is 24.7 Å². The molecule has 2 aromatic carbocycles. The van der Waals surface area contributed by atoms with Crippen LogP contribution < -0.4 is 5.32 Å². The highest BCUT2D eigenvalue weighted by Gasteiger charge is 2.39. The Morgan fingerprint density at radius 2 is 2.00 bits per heavy atom. The van der Waals surface area contributed by atoms with Gasteiger partial charge in [0, 0.05) is 26.7 Å². The maximum absolute atomic E-state index is 13.6. The molecule has 4 rings (SSSR count). The summed E-state index contributed by atoms with van der Waals surface area (Å²) in [5, 5.41) is 3.24. The molecule has 2 aliphatic rings. The van der Waals surface area contributed by atoms with E-state index >= 15 is 0 Å². The number of carbonyl (C=O) groups excluding carboxylic acids is 1. The molecule has 1 N–H and O–H groups in total. The standard InChI is InChI=1S/C22H25FN2O3/c1-27-19-14-24-11-13-28-21(19)22(26)25-12-10-15-4-2-3-5-18(15)20(25)16-6-8-17(23)9-7-16/h2-9,19-21,24H,10-14H2,1H3/t19-,20-,21-/m0/s1. The quantitative estimate of drug-likeness (QED) is 0.882. The number of benzene rings is 2. The zero-order chi connectivity index (χ0) is 19.5. The molecule has 5 nitrogen and oxygen atoms in total. The normalized spacial score (nSPS) is 25.1. The topological polar surface area (TPSA) is 50.8 Å². The minimum atomic E-state index is -0.659. The van der Waals surface area contributed by atoms with Crippen LogP contribution in [0, 0.1) is 5.82 Å². The number of ether oxygens (including phenoxy) is 2. The van der Waals surface area contributed by atoms with Crippen molar-refractivity contribution in [1.29, 1.82) is 0 Å². The van der Waals surface area contributed by atoms with E-state index in [1.165, 1.54) is 17.7 Å². The third kappa shape index (κ3) is 3.68. The first-order valence-corrected chi connectivity index (χ1v) is 9.68. The fourth-order valence-electron chi connectivity index (χ4n) is 4.13. The lowest BCUT2D eigenvalue weighted by Crippen LogP contribution is -2.51. The van der Waals surface area contributed by atoms with Crippen molar-refractivity contribution in [3.05, 3.63) is 71.0 Å². The Bertz CT molecular complexity index is 827. The van der Waals surface area contributed by atoms with E-state index in [1.807, 2.05) is 23.1 Å². The van der Waals surface area contributed by atoms with E-state index in [0.29, 0.717) is 26.2 Å². The number of hydrogen-bond donors (Lipinski definition) is 1. The number of methoxy groups -OCH3 is 1. The van der Waals surface area contributed by atoms with E-state index in [-0.39, 0.29) is 23.9 Å². The van der Waals surface area contributed by atoms with Crippen molar-refractivity contribution in [1.82, 2.24) is 10.2 Å². The number of halogens is 1. The van der Waals surface area contributed by atoms with Gasteiger partial charge in [-0.25, -0.2) is 4.39 Å². The van der Waals surface area contributed by atoms with Gasteiger partial charge in [-0.05, 0) is 35.2 Å². The summed E-state index contributed by atoms with van der Waals surface area (Å²) in [5.74, 6) is -0.372. The average Bonchev–Trinajstić information content (AvgIpc) is 2.98. The second-order valence-corrected chi connectivity index (χ2v) is 7.20. The molecule has 148 valence electrons. The summed E-state index contributed by atoms with van der Waals surface area (Å²) in [6, 6.07) is 14.3. The first-order chi connectivity index (χ1) is 13.7. The molecule has 28 heavy (non-hydrogen) atoms. The third-order valence-electron chi connectivity index (χ3n) is 5.56. The molecule has 0 bridgehead atoms.